The van der Waals surface area contributed by atoms with Gasteiger partial charge in [0.05, 0.1) is 36.8 Å². The van der Waals surface area contributed by atoms with Gasteiger partial charge >= 0.3 is 0 Å². The Hall–Kier alpha value is 0. The molecule has 1 aliphatic heterocycles. The second-order valence-electron chi connectivity index (χ2n) is 9.07. The molecule has 182 valence electrons. The van der Waals surface area contributed by atoms with E-state index in [9.17, 15) is 8.42 Å². The largest absolute Gasteiger partial charge is 0.370 e. The number of rotatable bonds is 15. The average molecular weight is 573 g/mol. The lowest BCUT2D eigenvalue weighted by atomic mass is 9.97. The summed E-state index contributed by atoms with van der Waals surface area (Å²) < 4.78 is 47.7. The molecule has 1 saturated heterocycles. The number of hydrogen-bond donors (Lipinski definition) is 0. The predicted molar refractivity (Wildman–Crippen MR) is 134 cm³/mol. The minimum absolute atomic E-state index is 0.0776. The summed E-state index contributed by atoms with van der Waals surface area (Å²) in [6, 6.07) is 0. The van der Waals surface area contributed by atoms with Gasteiger partial charge in [0.2, 0.25) is 0 Å². The monoisotopic (exact) mass is 572 g/mol. The zero-order valence-corrected chi connectivity index (χ0v) is 22.9. The van der Waals surface area contributed by atoms with Crippen LogP contribution < -0.4 is 0 Å². The molecule has 0 spiro atoms. The Morgan fingerprint density at radius 3 is 2.19 bits per heavy atom. The van der Waals surface area contributed by atoms with Gasteiger partial charge in [-0.1, -0.05) is 20.1 Å². The third-order valence-corrected chi connectivity index (χ3v) is 6.77. The quantitative estimate of drug-likeness (QED) is 0.108. The van der Waals surface area contributed by atoms with Crippen LogP contribution >= 0.6 is 22.6 Å². The lowest BCUT2D eigenvalue weighted by Crippen LogP contribution is -2.26. The van der Waals surface area contributed by atoms with Gasteiger partial charge in [0.15, 0.2) is 6.29 Å². The normalized spacial score (nSPS) is 21.9. The standard InChI is InChI=1S/C23H41IO6S/c1-15(2)27-23(28-16(3)4)12-10-20-14-18(6)22(29-20)11-9-21(30-31(8,25)26)13-17(5)19(7)24/h15-17,20-23H,6-7,9-14H2,1-5,8H3/t17-,20+,21-,22+/m1/s1. The lowest BCUT2D eigenvalue weighted by Gasteiger charge is -2.24. The van der Waals surface area contributed by atoms with E-state index in [2.05, 4.69) is 35.7 Å². The van der Waals surface area contributed by atoms with Crippen molar-refractivity contribution in [3.05, 3.63) is 22.3 Å². The summed E-state index contributed by atoms with van der Waals surface area (Å²) in [7, 11) is -3.53. The molecule has 0 aromatic rings. The van der Waals surface area contributed by atoms with E-state index in [0.717, 1.165) is 34.7 Å². The summed E-state index contributed by atoms with van der Waals surface area (Å²) >= 11 is 2.18. The van der Waals surface area contributed by atoms with Crippen LogP contribution in [0.3, 0.4) is 0 Å². The second-order valence-corrected chi connectivity index (χ2v) is 12.1. The molecule has 0 radical (unpaired) electrons. The lowest BCUT2D eigenvalue weighted by molar-refractivity contribution is -0.186. The van der Waals surface area contributed by atoms with Crippen molar-refractivity contribution in [1.29, 1.82) is 0 Å². The minimum Gasteiger partial charge on any atom is -0.370 e. The molecule has 4 atom stereocenters. The summed E-state index contributed by atoms with van der Waals surface area (Å²) in [6.45, 7) is 18.2. The summed E-state index contributed by atoms with van der Waals surface area (Å²) in [6.07, 6.45) is 4.94. The number of allylic oxidation sites excluding steroid dienone is 1. The molecule has 0 bridgehead atoms. The van der Waals surface area contributed by atoms with Crippen LogP contribution in [0.5, 0.6) is 0 Å². The SMILES string of the molecule is C=C(I)[C@H](C)C[C@@H](CC[C@@H]1O[C@@H](CCC(OC(C)C)OC(C)C)CC1=C)OS(C)(=O)=O. The van der Waals surface area contributed by atoms with Crippen molar-refractivity contribution in [1.82, 2.24) is 0 Å². The zero-order valence-electron chi connectivity index (χ0n) is 19.9. The summed E-state index contributed by atoms with van der Waals surface area (Å²) in [5, 5.41) is 0. The van der Waals surface area contributed by atoms with Crippen LogP contribution in [0.4, 0.5) is 0 Å². The topological polar surface area (TPSA) is 71.1 Å². The first-order valence-corrected chi connectivity index (χ1v) is 14.0. The average Bonchev–Trinajstić information content (AvgIpc) is 2.95. The first-order chi connectivity index (χ1) is 14.3. The van der Waals surface area contributed by atoms with Gasteiger partial charge in [0.25, 0.3) is 10.1 Å². The maximum Gasteiger partial charge on any atom is 0.264 e. The Kier molecular flexibility index (Phi) is 12.8. The predicted octanol–water partition coefficient (Wildman–Crippen LogP) is 5.76. The molecule has 1 fully saturated rings. The molecule has 8 heteroatoms. The van der Waals surface area contributed by atoms with E-state index in [4.69, 9.17) is 18.4 Å². The van der Waals surface area contributed by atoms with E-state index in [1.165, 1.54) is 0 Å². The highest BCUT2D eigenvalue weighted by Crippen LogP contribution is 2.32. The van der Waals surface area contributed by atoms with Gasteiger partial charge in [0, 0.05) is 6.42 Å². The molecule has 1 aliphatic rings. The van der Waals surface area contributed by atoms with E-state index in [-0.39, 0.29) is 36.6 Å². The molecule has 0 aromatic carbocycles. The van der Waals surface area contributed by atoms with E-state index in [1.807, 2.05) is 34.6 Å². The molecule has 0 N–H and O–H groups in total. The van der Waals surface area contributed by atoms with Crippen LogP contribution in [0.15, 0.2) is 22.3 Å². The summed E-state index contributed by atoms with van der Waals surface area (Å²) in [5.74, 6) is 0.173. The maximum atomic E-state index is 11.7. The van der Waals surface area contributed by atoms with Gasteiger partial charge < -0.3 is 14.2 Å². The van der Waals surface area contributed by atoms with Crippen LogP contribution in [0.25, 0.3) is 0 Å². The Labute approximate surface area is 203 Å². The second kappa shape index (κ2) is 13.6. The smallest absolute Gasteiger partial charge is 0.264 e. The Balaban J connectivity index is 2.59. The van der Waals surface area contributed by atoms with E-state index < -0.39 is 16.2 Å². The summed E-state index contributed by atoms with van der Waals surface area (Å²) in [5.41, 5.74) is 1.06. The molecule has 31 heavy (non-hydrogen) atoms. The van der Waals surface area contributed by atoms with E-state index >= 15 is 0 Å². The third-order valence-electron chi connectivity index (χ3n) is 5.09. The van der Waals surface area contributed by atoms with Crippen molar-refractivity contribution in [2.24, 2.45) is 5.92 Å². The molecule has 0 saturated carbocycles. The van der Waals surface area contributed by atoms with Crippen LogP contribution in [0, 0.1) is 5.92 Å². The first kappa shape index (κ1) is 29.0. The Morgan fingerprint density at radius 1 is 1.13 bits per heavy atom. The van der Waals surface area contributed by atoms with Crippen molar-refractivity contribution in [3.63, 3.8) is 0 Å². The van der Waals surface area contributed by atoms with Crippen LogP contribution in [-0.4, -0.2) is 51.5 Å². The Morgan fingerprint density at radius 2 is 1.71 bits per heavy atom. The van der Waals surface area contributed by atoms with Gasteiger partial charge in [-0.05, 0) is 97.5 Å². The highest BCUT2D eigenvalue weighted by atomic mass is 127. The fraction of sp³-hybridized carbons (Fsp3) is 0.826. The van der Waals surface area contributed by atoms with Crippen LogP contribution in [0.2, 0.25) is 0 Å². The van der Waals surface area contributed by atoms with Gasteiger partial charge in [-0.25, -0.2) is 0 Å². The number of hydrogen-bond acceptors (Lipinski definition) is 6. The minimum atomic E-state index is -3.53. The summed E-state index contributed by atoms with van der Waals surface area (Å²) in [4.78, 5) is 0. The number of halogens is 1. The molecular formula is C23H41IO6S. The van der Waals surface area contributed by atoms with Crippen LogP contribution in [-0.2, 0) is 28.5 Å². The highest BCUT2D eigenvalue weighted by molar-refractivity contribution is 14.1. The molecule has 1 rings (SSSR count). The van der Waals surface area contributed by atoms with Gasteiger partial charge in [-0.2, -0.15) is 8.42 Å². The molecule has 0 amide bonds. The molecule has 0 unspecified atom stereocenters. The molecule has 1 heterocycles. The van der Waals surface area contributed by atoms with Gasteiger partial charge in [0.1, 0.15) is 0 Å². The molecule has 6 nitrogen and oxygen atoms in total. The number of ether oxygens (including phenoxy) is 3. The van der Waals surface area contributed by atoms with Gasteiger partial charge in [-0.15, -0.1) is 0 Å². The third kappa shape index (κ3) is 12.7. The molecule has 0 aromatic heterocycles. The molecular weight excluding hydrogens is 531 g/mol. The maximum absolute atomic E-state index is 11.7. The van der Waals surface area contributed by atoms with Crippen molar-refractivity contribution in [3.8, 4) is 0 Å². The van der Waals surface area contributed by atoms with E-state index in [1.54, 1.807) is 0 Å². The van der Waals surface area contributed by atoms with Crippen molar-refractivity contribution in [2.75, 3.05) is 6.26 Å². The first-order valence-electron chi connectivity index (χ1n) is 11.1. The fourth-order valence-corrected chi connectivity index (χ4v) is 4.58. The van der Waals surface area contributed by atoms with Gasteiger partial charge in [-0.3, -0.25) is 4.18 Å². The Bertz CT molecular complexity index is 666. The van der Waals surface area contributed by atoms with Crippen molar-refractivity contribution < 1.29 is 26.8 Å². The molecule has 0 aliphatic carbocycles. The van der Waals surface area contributed by atoms with Crippen molar-refractivity contribution >= 4 is 32.7 Å². The van der Waals surface area contributed by atoms with Crippen LogP contribution in [0.1, 0.15) is 73.1 Å². The highest BCUT2D eigenvalue weighted by Gasteiger charge is 2.31. The zero-order chi connectivity index (χ0) is 23.8. The van der Waals surface area contributed by atoms with E-state index in [0.29, 0.717) is 19.3 Å². The van der Waals surface area contributed by atoms with Crippen molar-refractivity contribution in [2.45, 2.75) is 110 Å². The fourth-order valence-electron chi connectivity index (χ4n) is 3.65.